The lowest BCUT2D eigenvalue weighted by atomic mass is 10.2. The summed E-state index contributed by atoms with van der Waals surface area (Å²) in [4.78, 5) is 4.04. The summed E-state index contributed by atoms with van der Waals surface area (Å²) < 4.78 is 6.59. The summed E-state index contributed by atoms with van der Waals surface area (Å²) >= 11 is 4.72. The van der Waals surface area contributed by atoms with Crippen molar-refractivity contribution < 1.29 is 4.74 Å². The lowest BCUT2D eigenvalue weighted by molar-refractivity contribution is 0.475. The van der Waals surface area contributed by atoms with E-state index in [1.54, 1.807) is 6.20 Å². The molecule has 78 valence electrons. The van der Waals surface area contributed by atoms with Crippen molar-refractivity contribution in [2.45, 2.75) is 6.92 Å². The average Bonchev–Trinajstić information content (AvgIpc) is 2.58. The van der Waals surface area contributed by atoms with E-state index in [9.17, 15) is 0 Å². The fraction of sp³-hybridized carbons (Fsp3) is 0.100. The number of nitrogens with two attached hydrogens (primary N) is 1. The summed E-state index contributed by atoms with van der Waals surface area (Å²) in [5.74, 6) is 0.790. The molecule has 0 unspecified atom stereocenters. The molecular formula is C10H9BrN2OS. The maximum atomic E-state index is 5.61. The number of halogens is 1. The first kappa shape index (κ1) is 10.4. The van der Waals surface area contributed by atoms with E-state index in [1.165, 1.54) is 11.3 Å². The van der Waals surface area contributed by atoms with Gasteiger partial charge in [-0.2, -0.15) is 0 Å². The van der Waals surface area contributed by atoms with Gasteiger partial charge in [-0.3, -0.25) is 0 Å². The number of aryl methyl sites for hydroxylation is 1. The molecule has 15 heavy (non-hydrogen) atoms. The van der Waals surface area contributed by atoms with Gasteiger partial charge in [-0.05, 0) is 24.6 Å². The fourth-order valence-corrected chi connectivity index (χ4v) is 1.98. The molecule has 0 aliphatic heterocycles. The number of ether oxygens (including phenoxy) is 1. The molecule has 0 bridgehead atoms. The second-order valence-electron chi connectivity index (χ2n) is 3.04. The molecule has 0 spiro atoms. The second-order valence-corrected chi connectivity index (χ2v) is 4.98. The van der Waals surface area contributed by atoms with Crippen LogP contribution in [0.25, 0.3) is 0 Å². The maximum absolute atomic E-state index is 5.61. The van der Waals surface area contributed by atoms with E-state index < -0.39 is 0 Å². The first-order valence-corrected chi connectivity index (χ1v) is 5.91. The van der Waals surface area contributed by atoms with Crippen LogP contribution >= 0.6 is 27.3 Å². The van der Waals surface area contributed by atoms with Crippen LogP contribution in [0.5, 0.6) is 10.9 Å². The van der Waals surface area contributed by atoms with Crippen LogP contribution in [0, 0.1) is 6.92 Å². The molecule has 0 saturated carbocycles. The van der Waals surface area contributed by atoms with E-state index in [0.29, 0.717) is 10.2 Å². The number of thiazole rings is 1. The number of nitrogen functional groups attached to an aromatic ring is 1. The number of rotatable bonds is 2. The predicted octanol–water partition coefficient (Wildman–Crippen LogP) is 3.59. The third-order valence-electron chi connectivity index (χ3n) is 1.85. The first-order valence-electron chi connectivity index (χ1n) is 4.30. The highest BCUT2D eigenvalue weighted by Crippen LogP contribution is 2.31. The Morgan fingerprint density at radius 1 is 1.47 bits per heavy atom. The highest BCUT2D eigenvalue weighted by Gasteiger charge is 2.05. The lowest BCUT2D eigenvalue weighted by Gasteiger charge is -2.05. The third kappa shape index (κ3) is 2.49. The van der Waals surface area contributed by atoms with Gasteiger partial charge in [-0.25, -0.2) is 4.98 Å². The minimum absolute atomic E-state index is 0.564. The second kappa shape index (κ2) is 4.20. The molecule has 5 heteroatoms. The zero-order valence-electron chi connectivity index (χ0n) is 8.03. The summed E-state index contributed by atoms with van der Waals surface area (Å²) in [6.07, 6.45) is 1.59. The van der Waals surface area contributed by atoms with Crippen molar-refractivity contribution in [3.63, 3.8) is 0 Å². The zero-order chi connectivity index (χ0) is 10.8. The molecule has 0 saturated heterocycles. The molecule has 0 amide bonds. The molecule has 0 atom stereocenters. The maximum Gasteiger partial charge on any atom is 0.280 e. The van der Waals surface area contributed by atoms with Crippen LogP contribution in [-0.2, 0) is 0 Å². The van der Waals surface area contributed by atoms with Gasteiger partial charge < -0.3 is 10.5 Å². The van der Waals surface area contributed by atoms with Gasteiger partial charge in [0.05, 0.1) is 6.20 Å². The molecule has 2 N–H and O–H groups in total. The Labute approximate surface area is 100 Å². The number of hydrogen-bond acceptors (Lipinski definition) is 4. The van der Waals surface area contributed by atoms with Gasteiger partial charge in [0.1, 0.15) is 10.8 Å². The summed E-state index contributed by atoms with van der Waals surface area (Å²) in [5, 5.41) is 1.21. The molecule has 3 nitrogen and oxygen atoms in total. The molecular weight excluding hydrogens is 276 g/mol. The molecule has 1 heterocycles. The average molecular weight is 285 g/mol. The SMILES string of the molecule is Cc1ccc(Br)cc1Oc1ncc(N)s1. The Balaban J connectivity index is 2.27. The highest BCUT2D eigenvalue weighted by atomic mass is 79.9. The lowest BCUT2D eigenvalue weighted by Crippen LogP contribution is -1.86. The summed E-state index contributed by atoms with van der Waals surface area (Å²) in [5.41, 5.74) is 6.63. The van der Waals surface area contributed by atoms with Gasteiger partial charge in [0, 0.05) is 4.47 Å². The Morgan fingerprint density at radius 2 is 2.27 bits per heavy atom. The van der Waals surface area contributed by atoms with Crippen molar-refractivity contribution in [1.82, 2.24) is 4.98 Å². The third-order valence-corrected chi connectivity index (χ3v) is 3.05. The molecule has 0 aliphatic rings. The number of benzene rings is 1. The van der Waals surface area contributed by atoms with Crippen LogP contribution in [0.4, 0.5) is 5.00 Å². The van der Waals surface area contributed by atoms with Crippen molar-refractivity contribution in [2.75, 3.05) is 5.73 Å². The fourth-order valence-electron chi connectivity index (χ4n) is 1.09. The standard InChI is InChI=1S/C10H9BrN2OS/c1-6-2-3-7(11)4-8(6)14-10-13-5-9(12)15-10/h2-5H,12H2,1H3. The van der Waals surface area contributed by atoms with E-state index in [-0.39, 0.29) is 0 Å². The zero-order valence-corrected chi connectivity index (χ0v) is 10.4. The molecule has 2 rings (SSSR count). The van der Waals surface area contributed by atoms with Gasteiger partial charge in [0.2, 0.25) is 0 Å². The van der Waals surface area contributed by atoms with Crippen LogP contribution in [0.15, 0.2) is 28.9 Å². The van der Waals surface area contributed by atoms with E-state index in [4.69, 9.17) is 10.5 Å². The molecule has 0 radical (unpaired) electrons. The van der Waals surface area contributed by atoms with E-state index >= 15 is 0 Å². The molecule has 1 aromatic carbocycles. The summed E-state index contributed by atoms with van der Waals surface area (Å²) in [6.45, 7) is 1.98. The van der Waals surface area contributed by atoms with Gasteiger partial charge in [0.15, 0.2) is 0 Å². The summed E-state index contributed by atoms with van der Waals surface area (Å²) in [7, 11) is 0. The molecule has 2 aromatic rings. The Kier molecular flexibility index (Phi) is 2.93. The van der Waals surface area contributed by atoms with Crippen molar-refractivity contribution in [1.29, 1.82) is 0 Å². The Bertz CT molecular complexity index is 484. The number of hydrogen-bond donors (Lipinski definition) is 1. The highest BCUT2D eigenvalue weighted by molar-refractivity contribution is 9.10. The Morgan fingerprint density at radius 3 is 2.93 bits per heavy atom. The van der Waals surface area contributed by atoms with Crippen molar-refractivity contribution >= 4 is 32.3 Å². The molecule has 1 aromatic heterocycles. The van der Waals surface area contributed by atoms with Crippen LogP contribution in [0.2, 0.25) is 0 Å². The number of anilines is 1. The van der Waals surface area contributed by atoms with Gasteiger partial charge in [-0.1, -0.05) is 33.3 Å². The van der Waals surface area contributed by atoms with Crippen LogP contribution in [-0.4, -0.2) is 4.98 Å². The van der Waals surface area contributed by atoms with Crippen LogP contribution in [0.3, 0.4) is 0 Å². The minimum Gasteiger partial charge on any atom is -0.431 e. The van der Waals surface area contributed by atoms with E-state index in [0.717, 1.165) is 15.8 Å². The van der Waals surface area contributed by atoms with E-state index in [2.05, 4.69) is 20.9 Å². The molecule has 0 aliphatic carbocycles. The monoisotopic (exact) mass is 284 g/mol. The smallest absolute Gasteiger partial charge is 0.280 e. The van der Waals surface area contributed by atoms with Crippen molar-refractivity contribution in [2.24, 2.45) is 0 Å². The van der Waals surface area contributed by atoms with Gasteiger partial charge >= 0.3 is 0 Å². The van der Waals surface area contributed by atoms with E-state index in [1.807, 2.05) is 25.1 Å². The van der Waals surface area contributed by atoms with Gasteiger partial charge in [-0.15, -0.1) is 0 Å². The first-order chi connectivity index (χ1) is 7.15. The Hall–Kier alpha value is -1.07. The summed E-state index contributed by atoms with van der Waals surface area (Å²) in [6, 6.07) is 5.86. The largest absolute Gasteiger partial charge is 0.431 e. The van der Waals surface area contributed by atoms with Crippen molar-refractivity contribution in [3.8, 4) is 10.9 Å². The van der Waals surface area contributed by atoms with Crippen LogP contribution in [0.1, 0.15) is 5.56 Å². The quantitative estimate of drug-likeness (QED) is 0.917. The predicted molar refractivity (Wildman–Crippen MR) is 65.5 cm³/mol. The van der Waals surface area contributed by atoms with Crippen molar-refractivity contribution in [3.05, 3.63) is 34.4 Å². The normalized spacial score (nSPS) is 10.3. The van der Waals surface area contributed by atoms with Crippen LogP contribution < -0.4 is 10.5 Å². The van der Waals surface area contributed by atoms with Gasteiger partial charge in [0.25, 0.3) is 5.19 Å². The minimum atomic E-state index is 0.564. The molecule has 0 fully saturated rings. The topological polar surface area (TPSA) is 48.1 Å². The number of nitrogens with zero attached hydrogens (tertiary/aromatic N) is 1. The number of aromatic nitrogens is 1.